The first-order chi connectivity index (χ1) is 10.6. The summed E-state index contributed by atoms with van der Waals surface area (Å²) >= 11 is 1.60. The van der Waals surface area contributed by atoms with Crippen molar-refractivity contribution in [3.05, 3.63) is 59.2 Å². The molecule has 0 aromatic heterocycles. The Morgan fingerprint density at radius 1 is 1.14 bits per heavy atom. The van der Waals surface area contributed by atoms with Crippen LogP contribution in [-0.2, 0) is 10.5 Å². The maximum atomic E-state index is 12.0. The van der Waals surface area contributed by atoms with Gasteiger partial charge in [0.1, 0.15) is 5.75 Å². The van der Waals surface area contributed by atoms with E-state index in [0.29, 0.717) is 5.75 Å². The molecular formula is C18H21NO2S. The number of ether oxygens (including phenoxy) is 1. The van der Waals surface area contributed by atoms with E-state index in [2.05, 4.69) is 5.32 Å². The average Bonchev–Trinajstić information content (AvgIpc) is 2.52. The number of hydrogen-bond donors (Lipinski definition) is 1. The number of benzene rings is 2. The molecule has 0 spiro atoms. The molecule has 4 heteroatoms. The molecule has 1 amide bonds. The van der Waals surface area contributed by atoms with Gasteiger partial charge in [-0.05, 0) is 48.7 Å². The Labute approximate surface area is 136 Å². The molecule has 0 saturated heterocycles. The zero-order chi connectivity index (χ0) is 15.9. The van der Waals surface area contributed by atoms with Gasteiger partial charge in [-0.2, -0.15) is 0 Å². The molecule has 2 rings (SSSR count). The van der Waals surface area contributed by atoms with E-state index in [9.17, 15) is 4.79 Å². The topological polar surface area (TPSA) is 38.3 Å². The van der Waals surface area contributed by atoms with E-state index >= 15 is 0 Å². The fourth-order valence-electron chi connectivity index (χ4n) is 2.06. The second kappa shape index (κ2) is 7.90. The summed E-state index contributed by atoms with van der Waals surface area (Å²) in [6, 6.07) is 13.9. The highest BCUT2D eigenvalue weighted by atomic mass is 32.2. The highest BCUT2D eigenvalue weighted by molar-refractivity contribution is 7.99. The van der Waals surface area contributed by atoms with Crippen molar-refractivity contribution in [2.75, 3.05) is 18.2 Å². The molecule has 0 saturated carbocycles. The number of anilines is 1. The van der Waals surface area contributed by atoms with Crippen molar-refractivity contribution in [2.45, 2.75) is 19.6 Å². The third-order valence-corrected chi connectivity index (χ3v) is 4.54. The van der Waals surface area contributed by atoms with Crippen molar-refractivity contribution < 1.29 is 9.53 Å². The van der Waals surface area contributed by atoms with Gasteiger partial charge in [-0.25, -0.2) is 0 Å². The lowest BCUT2D eigenvalue weighted by Gasteiger charge is -2.10. The highest BCUT2D eigenvalue weighted by Gasteiger charge is 2.06. The summed E-state index contributed by atoms with van der Waals surface area (Å²) in [5.74, 6) is 2.14. The van der Waals surface area contributed by atoms with Gasteiger partial charge < -0.3 is 10.1 Å². The van der Waals surface area contributed by atoms with Crippen molar-refractivity contribution in [1.82, 2.24) is 0 Å². The lowest BCUT2D eigenvalue weighted by molar-refractivity contribution is -0.113. The lowest BCUT2D eigenvalue weighted by Crippen LogP contribution is -2.15. The molecule has 0 bridgehead atoms. The molecule has 0 radical (unpaired) electrons. The van der Waals surface area contributed by atoms with Crippen LogP contribution in [0.1, 0.15) is 16.7 Å². The van der Waals surface area contributed by atoms with Gasteiger partial charge >= 0.3 is 0 Å². The van der Waals surface area contributed by atoms with Crippen LogP contribution in [0.2, 0.25) is 0 Å². The number of aryl methyl sites for hydroxylation is 1. The van der Waals surface area contributed by atoms with E-state index in [1.54, 1.807) is 18.9 Å². The predicted octanol–water partition coefficient (Wildman–Crippen LogP) is 4.18. The van der Waals surface area contributed by atoms with E-state index in [1.165, 1.54) is 11.1 Å². The Hall–Kier alpha value is -1.94. The predicted molar refractivity (Wildman–Crippen MR) is 93.7 cm³/mol. The van der Waals surface area contributed by atoms with Crippen LogP contribution in [0, 0.1) is 13.8 Å². The van der Waals surface area contributed by atoms with Gasteiger partial charge in [0.05, 0.1) is 12.9 Å². The number of carbonyl (C=O) groups excluding carboxylic acids is 1. The van der Waals surface area contributed by atoms with E-state index in [1.807, 2.05) is 56.3 Å². The summed E-state index contributed by atoms with van der Waals surface area (Å²) in [4.78, 5) is 12.0. The summed E-state index contributed by atoms with van der Waals surface area (Å²) in [6.45, 7) is 4.07. The van der Waals surface area contributed by atoms with E-state index in [0.717, 1.165) is 22.8 Å². The first kappa shape index (κ1) is 16.4. The Morgan fingerprint density at radius 2 is 1.86 bits per heavy atom. The molecule has 22 heavy (non-hydrogen) atoms. The van der Waals surface area contributed by atoms with Gasteiger partial charge in [-0.3, -0.25) is 4.79 Å². The van der Waals surface area contributed by atoms with Crippen LogP contribution in [0.15, 0.2) is 42.5 Å². The fraction of sp³-hybridized carbons (Fsp3) is 0.278. The molecule has 2 aromatic carbocycles. The van der Waals surface area contributed by atoms with Crippen molar-refractivity contribution in [3.8, 4) is 5.75 Å². The molecule has 0 fully saturated rings. The van der Waals surface area contributed by atoms with Gasteiger partial charge in [0.2, 0.25) is 5.91 Å². The van der Waals surface area contributed by atoms with Gasteiger partial charge in [0, 0.05) is 11.4 Å². The maximum absolute atomic E-state index is 12.0. The first-order valence-corrected chi connectivity index (χ1v) is 8.32. The molecule has 0 aliphatic carbocycles. The zero-order valence-corrected chi connectivity index (χ0v) is 14.0. The quantitative estimate of drug-likeness (QED) is 0.869. The van der Waals surface area contributed by atoms with Crippen LogP contribution in [0.4, 0.5) is 5.69 Å². The summed E-state index contributed by atoms with van der Waals surface area (Å²) in [5, 5.41) is 2.98. The molecule has 0 heterocycles. The number of nitrogens with one attached hydrogen (secondary N) is 1. The highest BCUT2D eigenvalue weighted by Crippen LogP contribution is 2.19. The molecule has 0 atom stereocenters. The van der Waals surface area contributed by atoms with Crippen molar-refractivity contribution in [2.24, 2.45) is 0 Å². The third-order valence-electron chi connectivity index (χ3n) is 3.54. The molecule has 0 aliphatic heterocycles. The van der Waals surface area contributed by atoms with Crippen molar-refractivity contribution in [3.63, 3.8) is 0 Å². The normalized spacial score (nSPS) is 10.3. The van der Waals surface area contributed by atoms with Crippen LogP contribution in [0.25, 0.3) is 0 Å². The SMILES string of the molecule is COc1ccc(CSCC(=O)Nc2cccc(C)c2C)cc1. The van der Waals surface area contributed by atoms with Crippen LogP contribution in [0.3, 0.4) is 0 Å². The van der Waals surface area contributed by atoms with E-state index < -0.39 is 0 Å². The number of rotatable bonds is 6. The standard InChI is InChI=1S/C18H21NO2S/c1-13-5-4-6-17(14(13)2)19-18(20)12-22-11-15-7-9-16(21-3)10-8-15/h4-10H,11-12H2,1-3H3,(H,19,20). The van der Waals surface area contributed by atoms with Gasteiger partial charge in [0.25, 0.3) is 0 Å². The minimum Gasteiger partial charge on any atom is -0.497 e. The number of methoxy groups -OCH3 is 1. The number of amides is 1. The minimum absolute atomic E-state index is 0.0345. The summed E-state index contributed by atoms with van der Waals surface area (Å²) in [7, 11) is 1.65. The first-order valence-electron chi connectivity index (χ1n) is 7.17. The van der Waals surface area contributed by atoms with Gasteiger partial charge in [-0.15, -0.1) is 11.8 Å². The number of thioether (sulfide) groups is 1. The van der Waals surface area contributed by atoms with Crippen LogP contribution >= 0.6 is 11.8 Å². The molecule has 1 N–H and O–H groups in total. The van der Waals surface area contributed by atoms with Gasteiger partial charge in [-0.1, -0.05) is 24.3 Å². The molecule has 0 aliphatic rings. The second-order valence-electron chi connectivity index (χ2n) is 5.14. The van der Waals surface area contributed by atoms with Crippen molar-refractivity contribution >= 4 is 23.4 Å². The second-order valence-corrected chi connectivity index (χ2v) is 6.12. The van der Waals surface area contributed by atoms with Gasteiger partial charge in [0.15, 0.2) is 0 Å². The van der Waals surface area contributed by atoms with E-state index in [4.69, 9.17) is 4.74 Å². The molecule has 3 nitrogen and oxygen atoms in total. The minimum atomic E-state index is 0.0345. The number of carbonyl (C=O) groups is 1. The van der Waals surface area contributed by atoms with E-state index in [-0.39, 0.29) is 5.91 Å². The molecule has 2 aromatic rings. The lowest BCUT2D eigenvalue weighted by atomic mass is 10.1. The third kappa shape index (κ3) is 4.53. The Balaban J connectivity index is 1.81. The summed E-state index contributed by atoms with van der Waals surface area (Å²) in [5.41, 5.74) is 4.39. The Kier molecular flexibility index (Phi) is 5.90. The molecule has 116 valence electrons. The Bertz CT molecular complexity index is 638. The number of hydrogen-bond acceptors (Lipinski definition) is 3. The summed E-state index contributed by atoms with van der Waals surface area (Å²) in [6.07, 6.45) is 0. The molecular weight excluding hydrogens is 294 g/mol. The van der Waals surface area contributed by atoms with Crippen LogP contribution in [0.5, 0.6) is 5.75 Å². The average molecular weight is 315 g/mol. The summed E-state index contributed by atoms with van der Waals surface area (Å²) < 4.78 is 5.13. The zero-order valence-electron chi connectivity index (χ0n) is 13.2. The monoisotopic (exact) mass is 315 g/mol. The van der Waals surface area contributed by atoms with Crippen LogP contribution in [-0.4, -0.2) is 18.8 Å². The van der Waals surface area contributed by atoms with Crippen molar-refractivity contribution in [1.29, 1.82) is 0 Å². The Morgan fingerprint density at radius 3 is 2.55 bits per heavy atom. The van der Waals surface area contributed by atoms with Crippen LogP contribution < -0.4 is 10.1 Å². The smallest absolute Gasteiger partial charge is 0.234 e. The largest absolute Gasteiger partial charge is 0.497 e. The maximum Gasteiger partial charge on any atom is 0.234 e. The fourth-order valence-corrected chi connectivity index (χ4v) is 2.84. The molecule has 0 unspecified atom stereocenters.